The quantitative estimate of drug-likeness (QED) is 0.0266. The first-order valence-electron chi connectivity index (χ1n) is 40.0. The SMILES string of the molecule is C=C[C@]1(OC(=O)n2ccnc2)/C=C(\C)C(=O)[C@H](C)C[C@](C)(OC)[C@H](OC2O[C@H](C)C[C@H](N(C)C)[C@H]2OC(=O)c2ccccc2)[C@@H](C)C(=O)[C@@H](C)C(=O)O[C@@H]1CC.C=C[C@]12OC(=O)N(CCCCn3cnc(-c4cccnc4)c3)[C@@H]1[C@@H](C)C(=O)[C@H](C)C[C@](C)(OC)[C@H](OC1O[C@H](C)C[C@H](N(C)C)[C@H]1O)[C@@H](C)C(=O)[C@@H](C)C(=O)O[C@@H]2CC. The summed E-state index contributed by atoms with van der Waals surface area (Å²) in [4.78, 5) is 145. The number of aliphatic hydroxyl groups excluding tert-OH is 1. The van der Waals surface area contributed by atoms with Crippen molar-refractivity contribution < 1.29 is 100 Å². The Balaban J connectivity index is 0.000000288. The van der Waals surface area contributed by atoms with Gasteiger partial charge >= 0.3 is 30.1 Å². The molecular weight excluding hydrogens is 1480 g/mol. The average Bonchev–Trinajstić information content (AvgIpc) is 1.60. The van der Waals surface area contributed by atoms with Crippen LogP contribution in [0.3, 0.4) is 0 Å². The predicted molar refractivity (Wildman–Crippen MR) is 424 cm³/mol. The largest absolute Gasteiger partial charge is 0.457 e. The van der Waals surface area contributed by atoms with Crippen LogP contribution in [-0.2, 0) is 87.4 Å². The van der Waals surface area contributed by atoms with Crippen molar-refractivity contribution in [1.82, 2.24) is 38.8 Å². The molecule has 9 rings (SSSR count). The molecule has 1 aromatic carbocycles. The van der Waals surface area contributed by atoms with Crippen LogP contribution < -0.4 is 0 Å². The van der Waals surface area contributed by atoms with Gasteiger partial charge in [0.05, 0.1) is 65.3 Å². The number of esters is 3. The Morgan fingerprint density at radius 1 is 0.678 bits per heavy atom. The van der Waals surface area contributed by atoms with Crippen molar-refractivity contribution in [2.45, 2.75) is 257 Å². The maximum Gasteiger partial charge on any atom is 0.420 e. The Labute approximate surface area is 676 Å². The lowest BCUT2D eigenvalue weighted by Crippen LogP contribution is -2.60. The predicted octanol–water partition coefficient (Wildman–Crippen LogP) is 10.7. The van der Waals surface area contributed by atoms with E-state index in [1.807, 2.05) is 74.7 Å². The van der Waals surface area contributed by atoms with Gasteiger partial charge in [-0.2, -0.15) is 0 Å². The number of hydrogen-bond donors (Lipinski definition) is 1. The number of benzene rings is 1. The van der Waals surface area contributed by atoms with E-state index in [0.29, 0.717) is 37.8 Å². The van der Waals surface area contributed by atoms with Crippen LogP contribution in [0.15, 0.2) is 123 Å². The molecule has 0 aliphatic carbocycles. The summed E-state index contributed by atoms with van der Waals surface area (Å²) in [6.45, 7) is 32.7. The van der Waals surface area contributed by atoms with E-state index in [-0.39, 0.29) is 73.7 Å². The lowest BCUT2D eigenvalue weighted by Gasteiger charge is -2.47. The number of aryl methyl sites for hydroxylation is 1. The minimum atomic E-state index is -1.80. The summed E-state index contributed by atoms with van der Waals surface area (Å²) in [6, 6.07) is 10.8. The Bertz CT molecular complexity index is 4040. The molecule has 2 unspecified atom stereocenters. The van der Waals surface area contributed by atoms with Crippen LogP contribution in [0.4, 0.5) is 9.59 Å². The lowest BCUT2D eigenvalue weighted by atomic mass is 9.72. The molecular formula is C86H122N8O21. The summed E-state index contributed by atoms with van der Waals surface area (Å²) in [5.41, 5.74) is -3.77. The second-order valence-electron chi connectivity index (χ2n) is 32.5. The first-order valence-corrected chi connectivity index (χ1v) is 40.0. The number of ether oxygens (including phenoxy) is 11. The second-order valence-corrected chi connectivity index (χ2v) is 32.5. The molecule has 3 aromatic heterocycles. The Morgan fingerprint density at radius 3 is 1.78 bits per heavy atom. The molecule has 29 nitrogen and oxygen atoms in total. The van der Waals surface area contributed by atoms with E-state index in [1.165, 1.54) is 65.0 Å². The molecule has 1 N–H and O–H groups in total. The maximum atomic E-state index is 14.8. The molecule has 4 aromatic rings. The summed E-state index contributed by atoms with van der Waals surface area (Å²) in [5.74, 6) is -10.6. The van der Waals surface area contributed by atoms with Gasteiger partial charge in [-0.1, -0.05) is 79.8 Å². The Hall–Kier alpha value is -8.52. The highest BCUT2D eigenvalue weighted by Gasteiger charge is 2.62. The zero-order valence-corrected chi connectivity index (χ0v) is 70.5. The van der Waals surface area contributed by atoms with Gasteiger partial charge in [-0.25, -0.2) is 28.9 Å². The average molecular weight is 1600 g/mol. The summed E-state index contributed by atoms with van der Waals surface area (Å²) in [6.07, 6.45) is 7.41. The molecule has 0 bridgehead atoms. The number of nitrogens with zero attached hydrogens (tertiary/aromatic N) is 8. The maximum absolute atomic E-state index is 14.8. The Morgan fingerprint density at radius 2 is 1.24 bits per heavy atom. The standard InChI is InChI=1S/C44H65N5O10.C42H57N3O11/c1-12-34-44(13-2)38(49(42(54)59-44)20-15-14-19-48-24-32(46-25-48)31-17-16-18-45-23-31)28(5)35(50)26(3)22-43(8,55-11)39(29(6)36(51)30(7)40(53)57-34)58-41-37(52)33(47(9)10)21-27(4)56-41;1-12-32-42(13-2,56-40(50)45-20-19-43-24-45)23-26(4)33(46)25(3)22-41(8,51-11)36(28(6)34(47)29(7)37(48)53-32)55-39-35(31(44(9)10)21-27(5)52-39)54-38(49)30-17-15-14-16-18-30/h13,16-18,23-30,33-34,37-39,41,52H,2,12,14-15,19-22H2,1,3-11H3;13-20,23-25,27-29,31-32,35-36,39H,2,12,21-22H2,1,3-11H3/b;26-23+/t26-,27-,28+,29+,30-,33+,34-,37-,38-,39-,41?,43+,44-;25-,27-,28+,29-,31+,32-,35-,36-,39?,41+,42+/m11/s1. The molecule has 29 heteroatoms. The van der Waals surface area contributed by atoms with Crippen LogP contribution in [0.5, 0.6) is 0 Å². The van der Waals surface area contributed by atoms with E-state index in [0.717, 1.165) is 15.8 Å². The van der Waals surface area contributed by atoms with Crippen molar-refractivity contribution in [3.8, 4) is 11.3 Å². The topological polar surface area (TPSA) is 334 Å². The number of fused-ring (bicyclic) bond motifs is 1. The number of pyridine rings is 1. The zero-order chi connectivity index (χ0) is 84.9. The molecule has 8 heterocycles. The van der Waals surface area contributed by atoms with Crippen LogP contribution in [0.25, 0.3) is 11.3 Å². The van der Waals surface area contributed by atoms with E-state index in [2.05, 4.69) is 28.1 Å². The van der Waals surface area contributed by atoms with Gasteiger partial charge in [0.15, 0.2) is 47.2 Å². The molecule has 5 aliphatic rings. The minimum absolute atomic E-state index is 0.0512. The van der Waals surface area contributed by atoms with Gasteiger partial charge in [0.2, 0.25) is 0 Å². The van der Waals surface area contributed by atoms with Crippen LogP contribution in [0.1, 0.15) is 159 Å². The molecule has 632 valence electrons. The number of carbonyl (C=O) groups excluding carboxylic acids is 9. The summed E-state index contributed by atoms with van der Waals surface area (Å²) < 4.78 is 71.8. The molecule has 0 radical (unpaired) electrons. The number of aromatic nitrogens is 5. The molecule has 0 spiro atoms. The first-order chi connectivity index (χ1) is 54.3. The van der Waals surface area contributed by atoms with Crippen molar-refractivity contribution in [3.05, 3.63) is 129 Å². The summed E-state index contributed by atoms with van der Waals surface area (Å²) in [7, 11) is 10.4. The highest BCUT2D eigenvalue weighted by molar-refractivity contribution is 6.01. The van der Waals surface area contributed by atoms with E-state index in [9.17, 15) is 48.3 Å². The molecule has 4 saturated heterocycles. The fraction of sp³-hybridized carbons (Fsp3) is 0.628. The number of hydrogen-bond acceptors (Lipinski definition) is 26. The second kappa shape index (κ2) is 39.6. The van der Waals surface area contributed by atoms with Crippen LogP contribution >= 0.6 is 0 Å². The van der Waals surface area contributed by atoms with Crippen molar-refractivity contribution in [2.75, 3.05) is 49.0 Å². The number of unbranched alkanes of at least 4 members (excludes halogenated alkanes) is 1. The molecule has 5 aliphatic heterocycles. The van der Waals surface area contributed by atoms with E-state index < -0.39 is 161 Å². The van der Waals surface area contributed by atoms with E-state index in [1.54, 1.807) is 123 Å². The number of cyclic esters (lactones) is 2. The first kappa shape index (κ1) is 92.0. The number of allylic oxidation sites excluding steroid dienone is 1. The monoisotopic (exact) mass is 1600 g/mol. The van der Waals surface area contributed by atoms with Crippen LogP contribution in [0, 0.1) is 41.4 Å². The molecule has 115 heavy (non-hydrogen) atoms. The Kier molecular flexibility index (Phi) is 31.7. The van der Waals surface area contributed by atoms with Crippen molar-refractivity contribution in [3.63, 3.8) is 0 Å². The minimum Gasteiger partial charge on any atom is -0.457 e. The van der Waals surface area contributed by atoms with Gasteiger partial charge in [-0.3, -0.25) is 38.7 Å². The molecule has 0 saturated carbocycles. The third-order valence-electron chi connectivity index (χ3n) is 23.8. The normalized spacial score (nSPS) is 35.3. The number of carbonyl (C=O) groups is 9. The van der Waals surface area contributed by atoms with Crippen LogP contribution in [0.2, 0.25) is 0 Å². The van der Waals surface area contributed by atoms with Crippen molar-refractivity contribution >= 4 is 53.2 Å². The van der Waals surface area contributed by atoms with Crippen molar-refractivity contribution in [1.29, 1.82) is 0 Å². The highest BCUT2D eigenvalue weighted by atomic mass is 16.7. The summed E-state index contributed by atoms with van der Waals surface area (Å²) >= 11 is 0. The van der Waals surface area contributed by atoms with Gasteiger partial charge in [0, 0.05) is 99.5 Å². The third-order valence-corrected chi connectivity index (χ3v) is 23.8. The third kappa shape index (κ3) is 20.7. The van der Waals surface area contributed by atoms with Gasteiger partial charge in [0.25, 0.3) is 0 Å². The van der Waals surface area contributed by atoms with Gasteiger partial charge in [-0.05, 0) is 176 Å². The van der Waals surface area contributed by atoms with Gasteiger partial charge < -0.3 is 71.6 Å². The highest BCUT2D eigenvalue weighted by Crippen LogP contribution is 2.46. The van der Waals surface area contributed by atoms with E-state index in [4.69, 9.17) is 52.1 Å². The molecule has 4 fully saturated rings. The van der Waals surface area contributed by atoms with Gasteiger partial charge in [0.1, 0.15) is 42.3 Å². The van der Waals surface area contributed by atoms with Crippen molar-refractivity contribution in [2.24, 2.45) is 41.4 Å². The van der Waals surface area contributed by atoms with Crippen LogP contribution in [-0.4, -0.2) is 248 Å². The number of methoxy groups -OCH3 is 2. The number of Topliss-reactive ketones (excluding diaryl/α,β-unsaturated/α-hetero) is 4. The number of likely N-dealkylation sites (N-methyl/N-ethyl adjacent to an activating group) is 2. The fourth-order valence-electron chi connectivity index (χ4n) is 17.1. The molecule has 24 atom stereocenters. The smallest absolute Gasteiger partial charge is 0.420 e. The number of imidazole rings is 2. The number of rotatable bonds is 21. The summed E-state index contributed by atoms with van der Waals surface area (Å²) in [5, 5.41) is 11.5. The lowest BCUT2D eigenvalue weighted by molar-refractivity contribution is -0.295. The van der Waals surface area contributed by atoms with E-state index >= 15 is 0 Å². The number of ketones is 4. The molecule has 1 amide bonds. The number of aliphatic hydroxyl groups is 1. The fourth-order valence-corrected chi connectivity index (χ4v) is 17.1. The zero-order valence-electron chi connectivity index (χ0n) is 70.5. The van der Waals surface area contributed by atoms with Gasteiger partial charge in [-0.15, -0.1) is 0 Å². The number of amides is 1.